The fourth-order valence-corrected chi connectivity index (χ4v) is 6.61. The summed E-state index contributed by atoms with van der Waals surface area (Å²) >= 11 is 0. The van der Waals surface area contributed by atoms with E-state index < -0.39 is 8.03 Å². The predicted octanol–water partition coefficient (Wildman–Crippen LogP) is 14.3. The Morgan fingerprint density at radius 2 is 0.575 bits per heavy atom. The molecular formula is C36H74NiO2P+. The second-order valence-corrected chi connectivity index (χ2v) is 13.9. The molecule has 0 aliphatic rings. The number of unbranched alkanes of at least 4 members (excludes halogenated alkanes) is 30. The Kier molecular flexibility index (Phi) is 42.2. The van der Waals surface area contributed by atoms with Crippen molar-refractivity contribution < 1.29 is 25.6 Å². The monoisotopic (exact) mass is 627 g/mol. The average Bonchev–Trinajstić information content (AvgIpc) is 2.94. The third-order valence-corrected chi connectivity index (χ3v) is 9.58. The van der Waals surface area contributed by atoms with Gasteiger partial charge in [0.1, 0.15) is 6.61 Å². The maximum Gasteiger partial charge on any atom is 0.508 e. The Morgan fingerprint density at radius 3 is 0.850 bits per heavy atom. The Morgan fingerprint density at radius 1 is 0.350 bits per heavy atom. The minimum absolute atomic E-state index is 0. The smallest absolute Gasteiger partial charge is 0.146 e. The van der Waals surface area contributed by atoms with Crippen LogP contribution < -0.4 is 0 Å². The molecular weight excluding hydrogens is 554 g/mol. The van der Waals surface area contributed by atoms with Crippen molar-refractivity contribution in [3.63, 3.8) is 0 Å². The zero-order valence-corrected chi connectivity index (χ0v) is 29.5. The molecule has 244 valence electrons. The molecule has 0 spiro atoms. The predicted molar refractivity (Wildman–Crippen MR) is 178 cm³/mol. The second-order valence-electron chi connectivity index (χ2n) is 12.5. The maximum absolute atomic E-state index is 12.1. The first-order valence-corrected chi connectivity index (χ1v) is 19.7. The zero-order valence-electron chi connectivity index (χ0n) is 27.6. The Hall–Kier alpha value is 0.554. The molecule has 0 bridgehead atoms. The van der Waals surface area contributed by atoms with Gasteiger partial charge in [0.05, 0.1) is 0 Å². The third kappa shape index (κ3) is 38.6. The van der Waals surface area contributed by atoms with Gasteiger partial charge >= 0.3 is 8.03 Å². The molecule has 4 heteroatoms. The van der Waals surface area contributed by atoms with E-state index in [1.165, 1.54) is 193 Å². The number of hydrogen-bond donors (Lipinski definition) is 0. The van der Waals surface area contributed by atoms with E-state index in [4.69, 9.17) is 4.52 Å². The fraction of sp³-hybridized carbons (Fsp3) is 1.00. The number of rotatable bonds is 35. The van der Waals surface area contributed by atoms with Gasteiger partial charge in [-0.3, -0.25) is 0 Å². The molecule has 0 heterocycles. The van der Waals surface area contributed by atoms with E-state index in [0.717, 1.165) is 19.0 Å². The second kappa shape index (κ2) is 39.6. The quantitative estimate of drug-likeness (QED) is 0.0397. The van der Waals surface area contributed by atoms with Crippen molar-refractivity contribution in [1.82, 2.24) is 0 Å². The molecule has 0 amide bonds. The summed E-state index contributed by atoms with van der Waals surface area (Å²) in [4.78, 5) is 0. The van der Waals surface area contributed by atoms with Crippen LogP contribution in [0.25, 0.3) is 0 Å². The van der Waals surface area contributed by atoms with Gasteiger partial charge in [-0.15, -0.1) is 4.52 Å². The Bertz CT molecular complexity index is 460. The Labute approximate surface area is 264 Å². The van der Waals surface area contributed by atoms with Crippen LogP contribution in [0, 0.1) is 0 Å². The maximum atomic E-state index is 12.1. The largest absolute Gasteiger partial charge is 0.508 e. The molecule has 1 unspecified atom stereocenters. The van der Waals surface area contributed by atoms with Crippen molar-refractivity contribution in [1.29, 1.82) is 0 Å². The SMILES string of the molecule is CCCCCCCCCCCCCCCCCCO[P+](=O)CCCCCCCCCCCCCCCCCC.[Ni]. The minimum atomic E-state index is -1.42. The van der Waals surface area contributed by atoms with E-state index in [0.29, 0.717) is 6.61 Å². The van der Waals surface area contributed by atoms with Crippen molar-refractivity contribution >= 4 is 8.03 Å². The summed E-state index contributed by atoms with van der Waals surface area (Å²) in [7, 11) is -1.42. The van der Waals surface area contributed by atoms with E-state index in [1.807, 2.05) is 0 Å². The molecule has 0 N–H and O–H groups in total. The van der Waals surface area contributed by atoms with Crippen LogP contribution in [-0.2, 0) is 25.6 Å². The summed E-state index contributed by atoms with van der Waals surface area (Å²) < 4.78 is 17.7. The van der Waals surface area contributed by atoms with Gasteiger partial charge in [0.25, 0.3) is 0 Å². The molecule has 0 aromatic rings. The molecule has 0 saturated heterocycles. The van der Waals surface area contributed by atoms with Crippen LogP contribution in [0.3, 0.4) is 0 Å². The van der Waals surface area contributed by atoms with Gasteiger partial charge in [-0.2, -0.15) is 0 Å². The molecule has 0 saturated carbocycles. The summed E-state index contributed by atoms with van der Waals surface area (Å²) in [6.45, 7) is 5.29. The molecule has 0 aromatic carbocycles. The van der Waals surface area contributed by atoms with Crippen molar-refractivity contribution in [3.8, 4) is 0 Å². The van der Waals surface area contributed by atoms with Crippen LogP contribution in [0.15, 0.2) is 0 Å². The van der Waals surface area contributed by atoms with Gasteiger partial charge in [-0.1, -0.05) is 200 Å². The zero-order chi connectivity index (χ0) is 28.3. The van der Waals surface area contributed by atoms with Gasteiger partial charge < -0.3 is 0 Å². The molecule has 0 aromatic heterocycles. The molecule has 0 aliphatic carbocycles. The third-order valence-electron chi connectivity index (χ3n) is 8.43. The van der Waals surface area contributed by atoms with Gasteiger partial charge in [0.15, 0.2) is 6.16 Å². The summed E-state index contributed by atoms with van der Waals surface area (Å²) in [6.07, 6.45) is 45.0. The van der Waals surface area contributed by atoms with Crippen LogP contribution in [0.4, 0.5) is 0 Å². The van der Waals surface area contributed by atoms with Crippen LogP contribution >= 0.6 is 8.03 Å². The van der Waals surface area contributed by atoms with Gasteiger partial charge in [0, 0.05) is 16.5 Å². The molecule has 0 fully saturated rings. The van der Waals surface area contributed by atoms with Crippen molar-refractivity contribution in [3.05, 3.63) is 0 Å². The van der Waals surface area contributed by atoms with E-state index in [1.54, 1.807) is 0 Å². The van der Waals surface area contributed by atoms with E-state index in [9.17, 15) is 4.57 Å². The fourth-order valence-electron chi connectivity index (χ4n) is 5.67. The molecule has 1 atom stereocenters. The minimum Gasteiger partial charge on any atom is -0.146 e. The first-order valence-electron chi connectivity index (χ1n) is 18.4. The van der Waals surface area contributed by atoms with E-state index in [2.05, 4.69) is 13.8 Å². The summed E-state index contributed by atoms with van der Waals surface area (Å²) in [5.41, 5.74) is 0. The molecule has 2 nitrogen and oxygen atoms in total. The van der Waals surface area contributed by atoms with Crippen molar-refractivity contribution in [2.24, 2.45) is 0 Å². The topological polar surface area (TPSA) is 26.3 Å². The summed E-state index contributed by atoms with van der Waals surface area (Å²) in [6, 6.07) is 0. The van der Waals surface area contributed by atoms with E-state index >= 15 is 0 Å². The first-order chi connectivity index (χ1) is 19.3. The molecule has 40 heavy (non-hydrogen) atoms. The van der Waals surface area contributed by atoms with Gasteiger partial charge in [-0.05, 0) is 23.8 Å². The number of hydrogen-bond acceptors (Lipinski definition) is 2. The van der Waals surface area contributed by atoms with Gasteiger partial charge in [0.2, 0.25) is 0 Å². The first kappa shape index (κ1) is 42.7. The van der Waals surface area contributed by atoms with Crippen LogP contribution in [0.2, 0.25) is 0 Å². The van der Waals surface area contributed by atoms with Crippen LogP contribution in [-0.4, -0.2) is 12.8 Å². The molecule has 0 aliphatic heterocycles. The summed E-state index contributed by atoms with van der Waals surface area (Å²) in [5, 5.41) is 0. The van der Waals surface area contributed by atoms with Crippen LogP contribution in [0.5, 0.6) is 0 Å². The normalized spacial score (nSPS) is 11.6. The molecule has 0 rings (SSSR count). The van der Waals surface area contributed by atoms with Crippen molar-refractivity contribution in [2.75, 3.05) is 12.8 Å². The Balaban J connectivity index is 0. The summed E-state index contributed by atoms with van der Waals surface area (Å²) in [5.74, 6) is 0. The van der Waals surface area contributed by atoms with Crippen LogP contribution in [0.1, 0.15) is 219 Å². The van der Waals surface area contributed by atoms with Crippen molar-refractivity contribution in [2.45, 2.75) is 219 Å². The van der Waals surface area contributed by atoms with E-state index in [-0.39, 0.29) is 16.5 Å². The average molecular weight is 629 g/mol. The molecule has 0 radical (unpaired) electrons. The standard InChI is InChI=1S/C36H74O2P.Ni/c1-3-5-7-9-11-13-15-17-19-21-23-25-27-29-31-33-35-38-39(37)36-34-32-30-28-26-24-22-20-18-16-14-12-10-8-6-4-2;/h3-36H2,1-2H3;/q+1;. The van der Waals surface area contributed by atoms with Gasteiger partial charge in [-0.25, -0.2) is 0 Å².